The van der Waals surface area contributed by atoms with Gasteiger partial charge in [0.15, 0.2) is 0 Å². The van der Waals surface area contributed by atoms with Crippen molar-refractivity contribution >= 4 is 27.5 Å². The summed E-state index contributed by atoms with van der Waals surface area (Å²) >= 11 is 1.67. The highest BCUT2D eigenvalue weighted by Crippen LogP contribution is 2.32. The maximum atomic E-state index is 13.2. The van der Waals surface area contributed by atoms with E-state index in [1.165, 1.54) is 0 Å². The molecule has 3 rings (SSSR count). The van der Waals surface area contributed by atoms with Crippen LogP contribution in [0.5, 0.6) is 0 Å². The topological polar surface area (TPSA) is 54.0 Å². The molecule has 2 aromatic carbocycles. The lowest BCUT2D eigenvalue weighted by molar-refractivity contribution is -0.126. The summed E-state index contributed by atoms with van der Waals surface area (Å²) in [4.78, 5) is 17.9. The maximum Gasteiger partial charge on any atom is 0.230 e. The average molecular weight is 382 g/mol. The molecule has 0 radical (unpaired) electrons. The summed E-state index contributed by atoms with van der Waals surface area (Å²) in [5.74, 6) is 0.0475. The molecule has 0 aliphatic carbocycles. The standard InChI is InChI=1S/C22H27N3OS/c1-3-13-23-14-15-24-21(26)22(2,17-9-5-4-6-10-17)16-20-25-18-11-7-8-12-19(18)27-20/h4-12,23H,3,13-16H2,1-2H3,(H,24,26). The second-order valence-corrected chi connectivity index (χ2v) is 8.07. The molecule has 0 bridgehead atoms. The van der Waals surface area contributed by atoms with Gasteiger partial charge in [-0.3, -0.25) is 4.79 Å². The molecule has 27 heavy (non-hydrogen) atoms. The van der Waals surface area contributed by atoms with Gasteiger partial charge >= 0.3 is 0 Å². The maximum absolute atomic E-state index is 13.2. The van der Waals surface area contributed by atoms with Gasteiger partial charge in [0.25, 0.3) is 0 Å². The third-order valence-electron chi connectivity index (χ3n) is 4.77. The van der Waals surface area contributed by atoms with Crippen LogP contribution in [-0.2, 0) is 16.6 Å². The van der Waals surface area contributed by atoms with Gasteiger partial charge in [-0.2, -0.15) is 0 Å². The van der Waals surface area contributed by atoms with Crippen molar-refractivity contribution in [1.29, 1.82) is 0 Å². The third-order valence-corrected chi connectivity index (χ3v) is 5.81. The highest BCUT2D eigenvalue weighted by Gasteiger charge is 2.36. The monoisotopic (exact) mass is 381 g/mol. The molecule has 0 fully saturated rings. The number of fused-ring (bicyclic) bond motifs is 1. The predicted molar refractivity (Wildman–Crippen MR) is 113 cm³/mol. The number of aromatic nitrogens is 1. The van der Waals surface area contributed by atoms with E-state index in [4.69, 9.17) is 4.98 Å². The Kier molecular flexibility index (Phi) is 6.58. The van der Waals surface area contributed by atoms with Crippen LogP contribution in [-0.4, -0.2) is 30.5 Å². The summed E-state index contributed by atoms with van der Waals surface area (Å²) in [6.07, 6.45) is 1.68. The van der Waals surface area contributed by atoms with Crippen LogP contribution in [0.4, 0.5) is 0 Å². The molecule has 0 saturated heterocycles. The summed E-state index contributed by atoms with van der Waals surface area (Å²) in [7, 11) is 0. The summed E-state index contributed by atoms with van der Waals surface area (Å²) in [6, 6.07) is 18.1. The van der Waals surface area contributed by atoms with Crippen LogP contribution in [0.3, 0.4) is 0 Å². The molecule has 4 nitrogen and oxygen atoms in total. The second kappa shape index (κ2) is 9.11. The Labute approximate surface area is 165 Å². The van der Waals surface area contributed by atoms with Gasteiger partial charge in [0.2, 0.25) is 5.91 Å². The van der Waals surface area contributed by atoms with Gasteiger partial charge in [-0.05, 0) is 37.6 Å². The second-order valence-electron chi connectivity index (χ2n) is 6.96. The first-order valence-electron chi connectivity index (χ1n) is 9.52. The van der Waals surface area contributed by atoms with E-state index in [1.807, 2.05) is 55.5 Å². The number of para-hydroxylation sites is 1. The Balaban J connectivity index is 1.80. The average Bonchev–Trinajstić information content (AvgIpc) is 3.10. The molecule has 0 spiro atoms. The minimum atomic E-state index is -0.653. The number of hydrogen-bond donors (Lipinski definition) is 2. The molecule has 0 aliphatic heterocycles. The molecule has 5 heteroatoms. The molecule has 1 atom stereocenters. The van der Waals surface area contributed by atoms with Gasteiger partial charge in [-0.15, -0.1) is 11.3 Å². The van der Waals surface area contributed by atoms with Gasteiger partial charge in [-0.25, -0.2) is 4.98 Å². The Bertz CT molecular complexity index is 844. The highest BCUT2D eigenvalue weighted by molar-refractivity contribution is 7.18. The van der Waals surface area contributed by atoms with Gasteiger partial charge in [0, 0.05) is 19.5 Å². The fraction of sp³-hybridized carbons (Fsp3) is 0.364. The lowest BCUT2D eigenvalue weighted by atomic mass is 9.78. The zero-order valence-corrected chi connectivity index (χ0v) is 16.8. The highest BCUT2D eigenvalue weighted by atomic mass is 32.1. The molecule has 1 amide bonds. The fourth-order valence-corrected chi connectivity index (χ4v) is 4.30. The normalized spacial score (nSPS) is 13.4. The molecule has 2 N–H and O–H groups in total. The van der Waals surface area contributed by atoms with Crippen molar-refractivity contribution in [2.45, 2.75) is 32.1 Å². The molecule has 1 heterocycles. The van der Waals surface area contributed by atoms with E-state index in [-0.39, 0.29) is 5.91 Å². The number of nitrogens with one attached hydrogen (secondary N) is 2. The smallest absolute Gasteiger partial charge is 0.230 e. The van der Waals surface area contributed by atoms with E-state index in [2.05, 4.69) is 23.6 Å². The fourth-order valence-electron chi connectivity index (χ4n) is 3.18. The van der Waals surface area contributed by atoms with Crippen molar-refractivity contribution in [2.75, 3.05) is 19.6 Å². The van der Waals surface area contributed by atoms with E-state index in [0.717, 1.165) is 40.3 Å². The number of hydrogen-bond acceptors (Lipinski definition) is 4. The van der Waals surface area contributed by atoms with E-state index >= 15 is 0 Å². The van der Waals surface area contributed by atoms with Gasteiger partial charge < -0.3 is 10.6 Å². The number of carbonyl (C=O) groups excluding carboxylic acids is 1. The number of benzene rings is 2. The van der Waals surface area contributed by atoms with Crippen molar-refractivity contribution in [3.05, 3.63) is 65.2 Å². The van der Waals surface area contributed by atoms with Crippen molar-refractivity contribution in [2.24, 2.45) is 0 Å². The van der Waals surface area contributed by atoms with Gasteiger partial charge in [-0.1, -0.05) is 49.4 Å². The van der Waals surface area contributed by atoms with Crippen LogP contribution in [0.15, 0.2) is 54.6 Å². The molecule has 1 unspecified atom stereocenters. The zero-order chi connectivity index (χ0) is 19.1. The van der Waals surface area contributed by atoms with Crippen LogP contribution in [0.1, 0.15) is 30.8 Å². The first-order chi connectivity index (χ1) is 13.1. The molecule has 0 saturated carbocycles. The molecular weight excluding hydrogens is 354 g/mol. The summed E-state index contributed by atoms with van der Waals surface area (Å²) < 4.78 is 1.16. The van der Waals surface area contributed by atoms with Crippen LogP contribution in [0.25, 0.3) is 10.2 Å². The summed E-state index contributed by atoms with van der Waals surface area (Å²) in [5.41, 5.74) is 1.36. The zero-order valence-electron chi connectivity index (χ0n) is 16.0. The number of carbonyl (C=O) groups is 1. The molecular formula is C22H27N3OS. The van der Waals surface area contributed by atoms with Crippen LogP contribution >= 0.6 is 11.3 Å². The minimum Gasteiger partial charge on any atom is -0.354 e. The SMILES string of the molecule is CCCNCCNC(=O)C(C)(Cc1nc2ccccc2s1)c1ccccc1. The van der Waals surface area contributed by atoms with Crippen LogP contribution < -0.4 is 10.6 Å². The molecule has 3 aromatic rings. The largest absolute Gasteiger partial charge is 0.354 e. The quantitative estimate of drug-likeness (QED) is 0.553. The molecule has 142 valence electrons. The first kappa shape index (κ1) is 19.5. The number of rotatable bonds is 9. The van der Waals surface area contributed by atoms with Crippen molar-refractivity contribution in [3.63, 3.8) is 0 Å². The van der Waals surface area contributed by atoms with Crippen molar-refractivity contribution in [1.82, 2.24) is 15.6 Å². The number of nitrogens with zero attached hydrogens (tertiary/aromatic N) is 1. The van der Waals surface area contributed by atoms with Crippen LogP contribution in [0, 0.1) is 0 Å². The van der Waals surface area contributed by atoms with E-state index < -0.39 is 5.41 Å². The lowest BCUT2D eigenvalue weighted by Gasteiger charge is -2.28. The lowest BCUT2D eigenvalue weighted by Crippen LogP contribution is -2.45. The van der Waals surface area contributed by atoms with Crippen molar-refractivity contribution in [3.8, 4) is 0 Å². The first-order valence-corrected chi connectivity index (χ1v) is 10.3. The molecule has 0 aliphatic rings. The minimum absolute atomic E-state index is 0.0475. The number of thiazole rings is 1. The van der Waals surface area contributed by atoms with E-state index in [9.17, 15) is 4.79 Å². The van der Waals surface area contributed by atoms with Gasteiger partial charge in [0.1, 0.15) is 0 Å². The summed E-state index contributed by atoms with van der Waals surface area (Å²) in [6.45, 7) is 6.53. The number of amides is 1. The Hall–Kier alpha value is -2.24. The van der Waals surface area contributed by atoms with E-state index in [1.54, 1.807) is 11.3 Å². The predicted octanol–water partition coefficient (Wildman–Crippen LogP) is 3.91. The van der Waals surface area contributed by atoms with Crippen LogP contribution in [0.2, 0.25) is 0 Å². The summed E-state index contributed by atoms with van der Waals surface area (Å²) in [5, 5.41) is 7.42. The third kappa shape index (κ3) is 4.73. The Morgan fingerprint density at radius 2 is 1.78 bits per heavy atom. The van der Waals surface area contributed by atoms with Crippen molar-refractivity contribution < 1.29 is 4.79 Å². The van der Waals surface area contributed by atoms with E-state index in [0.29, 0.717) is 13.0 Å². The Morgan fingerprint density at radius 3 is 2.52 bits per heavy atom. The molecule has 1 aromatic heterocycles. The Morgan fingerprint density at radius 1 is 1.04 bits per heavy atom. The van der Waals surface area contributed by atoms with Gasteiger partial charge in [0.05, 0.1) is 20.6 Å².